The van der Waals surface area contributed by atoms with Gasteiger partial charge in [0.15, 0.2) is 0 Å². The molecule has 2 aromatic carbocycles. The second-order valence-corrected chi connectivity index (χ2v) is 4.99. The van der Waals surface area contributed by atoms with Gasteiger partial charge in [-0.2, -0.15) is 13.2 Å². The zero-order chi connectivity index (χ0) is 15.0. The highest BCUT2D eigenvalue weighted by Gasteiger charge is 2.30. The highest BCUT2D eigenvalue weighted by molar-refractivity contribution is 6.35. The van der Waals surface area contributed by atoms with Crippen LogP contribution in [0.15, 0.2) is 54.6 Å². The first-order valence-electron chi connectivity index (χ1n) is 6.18. The van der Waals surface area contributed by atoms with Gasteiger partial charge in [0, 0.05) is 10.9 Å². The van der Waals surface area contributed by atoms with Crippen molar-refractivity contribution in [3.63, 3.8) is 0 Å². The number of benzene rings is 2. The first kappa shape index (κ1) is 13.9. The molecule has 3 aromatic rings. The number of halogens is 4. The summed E-state index contributed by atoms with van der Waals surface area (Å²) in [5.41, 5.74) is 0.853. The van der Waals surface area contributed by atoms with Crippen molar-refractivity contribution in [3.05, 3.63) is 65.2 Å². The van der Waals surface area contributed by atoms with Crippen molar-refractivity contribution in [2.24, 2.45) is 0 Å². The minimum absolute atomic E-state index is 0.233. The predicted molar refractivity (Wildman–Crippen MR) is 77.2 cm³/mol. The molecule has 1 aromatic heterocycles. The standard InChI is InChI=1S/C16H9ClF3N/c17-13-9-14(10-4-2-1-3-5-10)21-15-8-11(16(18,19)20)6-7-12(13)15/h1-9H. The van der Waals surface area contributed by atoms with Crippen molar-refractivity contribution < 1.29 is 13.2 Å². The molecule has 21 heavy (non-hydrogen) atoms. The van der Waals surface area contributed by atoms with E-state index in [0.717, 1.165) is 17.7 Å². The van der Waals surface area contributed by atoms with Crippen LogP contribution in [-0.4, -0.2) is 4.98 Å². The molecule has 1 heterocycles. The van der Waals surface area contributed by atoms with Crippen molar-refractivity contribution in [2.45, 2.75) is 6.18 Å². The van der Waals surface area contributed by atoms with Gasteiger partial charge in [-0.25, -0.2) is 4.98 Å². The summed E-state index contributed by atoms with van der Waals surface area (Å²) in [6, 6.07) is 14.2. The molecule has 0 saturated heterocycles. The van der Waals surface area contributed by atoms with Crippen LogP contribution in [0.25, 0.3) is 22.2 Å². The average molecular weight is 308 g/mol. The fraction of sp³-hybridized carbons (Fsp3) is 0.0625. The molecular formula is C16H9ClF3N. The second kappa shape index (κ2) is 5.04. The van der Waals surface area contributed by atoms with Gasteiger partial charge in [0.2, 0.25) is 0 Å². The Morgan fingerprint density at radius 2 is 1.62 bits per heavy atom. The minimum Gasteiger partial charge on any atom is -0.248 e. The Hall–Kier alpha value is -2.07. The van der Waals surface area contributed by atoms with Crippen molar-refractivity contribution in [1.82, 2.24) is 4.98 Å². The van der Waals surface area contributed by atoms with Crippen LogP contribution in [0, 0.1) is 0 Å². The number of aromatic nitrogens is 1. The van der Waals surface area contributed by atoms with Crippen molar-refractivity contribution in [3.8, 4) is 11.3 Å². The topological polar surface area (TPSA) is 12.9 Å². The molecule has 0 unspecified atom stereocenters. The summed E-state index contributed by atoms with van der Waals surface area (Å²) in [4.78, 5) is 4.30. The third kappa shape index (κ3) is 2.72. The number of alkyl halides is 3. The van der Waals surface area contributed by atoms with Crippen LogP contribution in [0.4, 0.5) is 13.2 Å². The van der Waals surface area contributed by atoms with Crippen LogP contribution in [0.5, 0.6) is 0 Å². The lowest BCUT2D eigenvalue weighted by molar-refractivity contribution is -0.137. The van der Waals surface area contributed by atoms with Gasteiger partial charge < -0.3 is 0 Å². The summed E-state index contributed by atoms with van der Waals surface area (Å²) >= 11 is 6.16. The van der Waals surface area contributed by atoms with E-state index in [1.165, 1.54) is 6.07 Å². The normalized spacial score (nSPS) is 11.8. The van der Waals surface area contributed by atoms with E-state index in [-0.39, 0.29) is 5.52 Å². The lowest BCUT2D eigenvalue weighted by atomic mass is 10.1. The van der Waals surface area contributed by atoms with Gasteiger partial charge in [-0.1, -0.05) is 48.0 Å². The molecule has 0 amide bonds. The van der Waals surface area contributed by atoms with Gasteiger partial charge in [-0.05, 0) is 18.2 Å². The molecule has 0 fully saturated rings. The third-order valence-electron chi connectivity index (χ3n) is 3.16. The number of rotatable bonds is 1. The van der Waals surface area contributed by atoms with Crippen LogP contribution in [-0.2, 0) is 6.18 Å². The number of hydrogen-bond donors (Lipinski definition) is 0. The van der Waals surface area contributed by atoms with Crippen LogP contribution >= 0.6 is 11.6 Å². The molecule has 5 heteroatoms. The molecule has 0 N–H and O–H groups in total. The Bertz CT molecular complexity index is 798. The van der Waals surface area contributed by atoms with E-state index in [9.17, 15) is 13.2 Å². The van der Waals surface area contributed by atoms with Gasteiger partial charge in [0.25, 0.3) is 0 Å². The highest BCUT2D eigenvalue weighted by Crippen LogP contribution is 2.34. The fourth-order valence-corrected chi connectivity index (χ4v) is 2.38. The summed E-state index contributed by atoms with van der Waals surface area (Å²) in [6.07, 6.45) is -4.40. The van der Waals surface area contributed by atoms with Crippen LogP contribution < -0.4 is 0 Å². The lowest BCUT2D eigenvalue weighted by Gasteiger charge is -2.09. The zero-order valence-electron chi connectivity index (χ0n) is 10.7. The average Bonchev–Trinajstić information content (AvgIpc) is 2.46. The van der Waals surface area contributed by atoms with Crippen LogP contribution in [0.2, 0.25) is 5.02 Å². The van der Waals surface area contributed by atoms with Crippen LogP contribution in [0.3, 0.4) is 0 Å². The Labute approximate surface area is 124 Å². The maximum absolute atomic E-state index is 12.8. The number of hydrogen-bond acceptors (Lipinski definition) is 1. The smallest absolute Gasteiger partial charge is 0.248 e. The highest BCUT2D eigenvalue weighted by atomic mass is 35.5. The maximum atomic E-state index is 12.8. The van der Waals surface area contributed by atoms with E-state index in [1.54, 1.807) is 6.07 Å². The van der Waals surface area contributed by atoms with E-state index in [2.05, 4.69) is 4.98 Å². The quantitative estimate of drug-likeness (QED) is 0.572. The molecule has 0 aliphatic rings. The molecule has 106 valence electrons. The molecule has 0 radical (unpaired) electrons. The maximum Gasteiger partial charge on any atom is 0.416 e. The summed E-state index contributed by atoms with van der Waals surface area (Å²) in [7, 11) is 0. The fourth-order valence-electron chi connectivity index (χ4n) is 2.12. The Morgan fingerprint density at radius 1 is 0.905 bits per heavy atom. The van der Waals surface area contributed by atoms with Gasteiger partial charge in [0.05, 0.1) is 21.8 Å². The van der Waals surface area contributed by atoms with E-state index < -0.39 is 11.7 Å². The summed E-state index contributed by atoms with van der Waals surface area (Å²) in [6.45, 7) is 0. The molecule has 0 bridgehead atoms. The van der Waals surface area contributed by atoms with E-state index in [1.807, 2.05) is 30.3 Å². The minimum atomic E-state index is -4.40. The van der Waals surface area contributed by atoms with Crippen LogP contribution in [0.1, 0.15) is 5.56 Å². The van der Waals surface area contributed by atoms with Crippen molar-refractivity contribution >= 4 is 22.5 Å². The van der Waals surface area contributed by atoms with Gasteiger partial charge in [0.1, 0.15) is 0 Å². The van der Waals surface area contributed by atoms with Gasteiger partial charge in [-0.3, -0.25) is 0 Å². The zero-order valence-corrected chi connectivity index (χ0v) is 11.4. The molecule has 0 spiro atoms. The first-order chi connectivity index (χ1) is 9.95. The number of nitrogens with zero attached hydrogens (tertiary/aromatic N) is 1. The molecule has 0 atom stereocenters. The summed E-state index contributed by atoms with van der Waals surface area (Å²) < 4.78 is 38.3. The van der Waals surface area contributed by atoms with E-state index in [0.29, 0.717) is 16.1 Å². The summed E-state index contributed by atoms with van der Waals surface area (Å²) in [5.74, 6) is 0. The second-order valence-electron chi connectivity index (χ2n) is 4.59. The monoisotopic (exact) mass is 307 g/mol. The Balaban J connectivity index is 2.22. The Kier molecular flexibility index (Phi) is 3.33. The van der Waals surface area contributed by atoms with Crippen molar-refractivity contribution in [2.75, 3.05) is 0 Å². The molecule has 0 saturated carbocycles. The van der Waals surface area contributed by atoms with Gasteiger partial charge in [-0.15, -0.1) is 0 Å². The molecule has 1 nitrogen and oxygen atoms in total. The van der Waals surface area contributed by atoms with Gasteiger partial charge >= 0.3 is 6.18 Å². The Morgan fingerprint density at radius 3 is 2.29 bits per heavy atom. The third-order valence-corrected chi connectivity index (χ3v) is 3.47. The first-order valence-corrected chi connectivity index (χ1v) is 6.56. The SMILES string of the molecule is FC(F)(F)c1ccc2c(Cl)cc(-c3ccccc3)nc2c1. The molecule has 3 rings (SSSR count). The summed E-state index contributed by atoms with van der Waals surface area (Å²) in [5, 5.41) is 0.886. The number of pyridine rings is 1. The predicted octanol–water partition coefficient (Wildman–Crippen LogP) is 5.57. The number of fused-ring (bicyclic) bond motifs is 1. The van der Waals surface area contributed by atoms with E-state index >= 15 is 0 Å². The largest absolute Gasteiger partial charge is 0.416 e. The molecule has 0 aliphatic carbocycles. The van der Waals surface area contributed by atoms with E-state index in [4.69, 9.17) is 11.6 Å². The van der Waals surface area contributed by atoms with Crippen molar-refractivity contribution in [1.29, 1.82) is 0 Å². The molecule has 0 aliphatic heterocycles. The lowest BCUT2D eigenvalue weighted by Crippen LogP contribution is -2.04. The molecular weight excluding hydrogens is 299 g/mol.